The Morgan fingerprint density at radius 2 is 2.06 bits per heavy atom. The average Bonchev–Trinajstić information content (AvgIpc) is 2.70. The maximum atomic E-state index is 13.4. The molecule has 5 N–H and O–H groups in total. The van der Waals surface area contributed by atoms with Crippen molar-refractivity contribution in [2.45, 2.75) is 6.29 Å². The van der Waals surface area contributed by atoms with Crippen molar-refractivity contribution in [3.63, 3.8) is 0 Å². The second-order valence-corrected chi connectivity index (χ2v) is 3.98. The minimum absolute atomic E-state index is 0.0151. The van der Waals surface area contributed by atoms with Crippen molar-refractivity contribution in [2.24, 2.45) is 0 Å². The summed E-state index contributed by atoms with van der Waals surface area (Å²) < 4.78 is 14.0. The van der Waals surface area contributed by atoms with Crippen LogP contribution in [0.3, 0.4) is 0 Å². The maximum Gasteiger partial charge on any atom is 0.256 e. The summed E-state index contributed by atoms with van der Waals surface area (Å²) in [5, 5.41) is 2.51. The Bertz CT molecular complexity index is 409. The molecule has 1 aromatic carbocycles. The monoisotopic (exact) mass is 289 g/mol. The van der Waals surface area contributed by atoms with Gasteiger partial charge >= 0.3 is 0 Å². The van der Waals surface area contributed by atoms with Gasteiger partial charge in [-0.05, 0) is 18.2 Å². The lowest BCUT2D eigenvalue weighted by atomic mass is 10.2. The van der Waals surface area contributed by atoms with Crippen molar-refractivity contribution < 1.29 is 9.18 Å². The van der Waals surface area contributed by atoms with Gasteiger partial charge in [0.05, 0.1) is 5.56 Å². The summed E-state index contributed by atoms with van der Waals surface area (Å²) in [7, 11) is 0. The molecule has 0 radical (unpaired) electrons. The van der Waals surface area contributed by atoms with Gasteiger partial charge in [-0.1, -0.05) is 15.9 Å². The van der Waals surface area contributed by atoms with Gasteiger partial charge in [0.25, 0.3) is 5.91 Å². The highest BCUT2D eigenvalue weighted by Gasteiger charge is 2.18. The van der Waals surface area contributed by atoms with Crippen LogP contribution in [0.4, 0.5) is 4.39 Å². The van der Waals surface area contributed by atoms with Gasteiger partial charge in [0.1, 0.15) is 5.82 Å². The molecule has 1 fully saturated rings. The van der Waals surface area contributed by atoms with E-state index in [1.54, 1.807) is 6.07 Å². The Hall–Kier alpha value is -1.06. The minimum atomic E-state index is -0.578. The molecule has 0 spiro atoms. The highest BCUT2D eigenvalue weighted by molar-refractivity contribution is 9.10. The largest absolute Gasteiger partial charge is 0.322 e. The smallest absolute Gasteiger partial charge is 0.256 e. The van der Waals surface area contributed by atoms with Crippen molar-refractivity contribution >= 4 is 21.8 Å². The predicted molar refractivity (Wildman–Crippen MR) is 57.9 cm³/mol. The lowest BCUT2D eigenvalue weighted by Gasteiger charge is -2.11. The summed E-state index contributed by atoms with van der Waals surface area (Å²) in [5.74, 6) is -1.09. The van der Waals surface area contributed by atoms with Gasteiger partial charge in [0.15, 0.2) is 6.29 Å². The van der Waals surface area contributed by atoms with E-state index >= 15 is 0 Å². The van der Waals surface area contributed by atoms with Gasteiger partial charge in [0, 0.05) is 4.47 Å². The van der Waals surface area contributed by atoms with Gasteiger partial charge in [-0.3, -0.25) is 4.79 Å². The molecule has 0 atom stereocenters. The van der Waals surface area contributed by atoms with Crippen LogP contribution in [-0.2, 0) is 0 Å². The Morgan fingerprint density at radius 1 is 1.38 bits per heavy atom. The Kier molecular flexibility index (Phi) is 3.46. The molecule has 6 nitrogen and oxygen atoms in total. The van der Waals surface area contributed by atoms with E-state index in [0.29, 0.717) is 4.47 Å². The van der Waals surface area contributed by atoms with E-state index in [2.05, 4.69) is 43.2 Å². The second-order valence-electron chi connectivity index (χ2n) is 3.07. The first-order valence-corrected chi connectivity index (χ1v) is 5.23. The van der Waals surface area contributed by atoms with Crippen LogP contribution < -0.4 is 27.2 Å². The summed E-state index contributed by atoms with van der Waals surface area (Å²) in [5.41, 5.74) is 10.3. The SMILES string of the molecule is O=C(NC1NNNN1)c1ccc(Br)cc1F. The number of benzene rings is 1. The van der Waals surface area contributed by atoms with Crippen LogP contribution >= 0.6 is 15.9 Å². The number of rotatable bonds is 2. The molecule has 86 valence electrons. The Morgan fingerprint density at radius 3 is 2.69 bits per heavy atom. The number of nitrogens with one attached hydrogen (secondary N) is 5. The Labute approximate surface area is 99.0 Å². The van der Waals surface area contributed by atoms with Crippen molar-refractivity contribution in [1.82, 2.24) is 27.2 Å². The fourth-order valence-electron chi connectivity index (χ4n) is 1.21. The first-order valence-electron chi connectivity index (χ1n) is 4.44. The molecule has 1 saturated heterocycles. The molecule has 0 saturated carbocycles. The molecule has 0 aliphatic carbocycles. The van der Waals surface area contributed by atoms with Gasteiger partial charge in [-0.15, -0.1) is 0 Å². The third-order valence-corrected chi connectivity index (χ3v) is 2.44. The van der Waals surface area contributed by atoms with Crippen LogP contribution in [0.5, 0.6) is 0 Å². The van der Waals surface area contributed by atoms with Crippen LogP contribution in [0.2, 0.25) is 0 Å². The van der Waals surface area contributed by atoms with Gasteiger partial charge in [-0.25, -0.2) is 15.2 Å². The number of hydrogen-bond donors (Lipinski definition) is 5. The topological polar surface area (TPSA) is 77.2 Å². The zero-order valence-electron chi connectivity index (χ0n) is 7.97. The third kappa shape index (κ3) is 2.54. The van der Waals surface area contributed by atoms with Gasteiger partial charge in [-0.2, -0.15) is 11.1 Å². The molecule has 1 amide bonds. The fourth-order valence-corrected chi connectivity index (χ4v) is 1.54. The highest BCUT2D eigenvalue weighted by Crippen LogP contribution is 2.15. The molecular formula is C8H9BrFN5O. The summed E-state index contributed by atoms with van der Waals surface area (Å²) >= 11 is 3.12. The maximum absolute atomic E-state index is 13.4. The zero-order chi connectivity index (χ0) is 11.5. The predicted octanol–water partition coefficient (Wildman–Crippen LogP) is -0.281. The molecule has 0 bridgehead atoms. The van der Waals surface area contributed by atoms with Crippen molar-refractivity contribution in [3.8, 4) is 0 Å². The normalized spacial score (nSPS) is 16.4. The number of hydrazine groups is 3. The standard InChI is InChI=1S/C8H9BrFN5O/c9-4-1-2-5(6(10)3-4)7(16)11-8-12-14-15-13-8/h1-3,8,12-15H,(H,11,16). The molecule has 0 unspecified atom stereocenters. The number of amides is 1. The van der Waals surface area contributed by atoms with E-state index in [-0.39, 0.29) is 5.56 Å². The molecule has 0 aromatic heterocycles. The molecule has 16 heavy (non-hydrogen) atoms. The minimum Gasteiger partial charge on any atom is -0.322 e. The third-order valence-electron chi connectivity index (χ3n) is 1.95. The van der Waals surface area contributed by atoms with Gasteiger partial charge in [0.2, 0.25) is 0 Å². The quantitative estimate of drug-likeness (QED) is 0.518. The molecule has 2 rings (SSSR count). The number of halogens is 2. The molecule has 1 aromatic rings. The van der Waals surface area contributed by atoms with E-state index in [1.807, 2.05) is 0 Å². The van der Waals surface area contributed by atoms with E-state index in [0.717, 1.165) is 0 Å². The zero-order valence-corrected chi connectivity index (χ0v) is 9.56. The molecular weight excluding hydrogens is 281 g/mol. The summed E-state index contributed by atoms with van der Waals surface area (Å²) in [6.07, 6.45) is -0.504. The first-order chi connectivity index (χ1) is 7.66. The van der Waals surface area contributed by atoms with Crippen molar-refractivity contribution in [1.29, 1.82) is 0 Å². The van der Waals surface area contributed by atoms with Crippen molar-refractivity contribution in [2.75, 3.05) is 0 Å². The lowest BCUT2D eigenvalue weighted by Crippen LogP contribution is -2.49. The van der Waals surface area contributed by atoms with Gasteiger partial charge < -0.3 is 5.32 Å². The van der Waals surface area contributed by atoms with Crippen LogP contribution in [0, 0.1) is 5.82 Å². The highest BCUT2D eigenvalue weighted by atomic mass is 79.9. The van der Waals surface area contributed by atoms with Crippen LogP contribution in [0.1, 0.15) is 10.4 Å². The van der Waals surface area contributed by atoms with Crippen LogP contribution in [0.25, 0.3) is 0 Å². The fraction of sp³-hybridized carbons (Fsp3) is 0.125. The van der Waals surface area contributed by atoms with Crippen molar-refractivity contribution in [3.05, 3.63) is 34.1 Å². The van der Waals surface area contributed by atoms with E-state index in [9.17, 15) is 9.18 Å². The second kappa shape index (κ2) is 4.85. The van der Waals surface area contributed by atoms with Crippen LogP contribution in [-0.4, -0.2) is 12.2 Å². The van der Waals surface area contributed by atoms with E-state index < -0.39 is 18.0 Å². The number of carbonyl (C=O) groups is 1. The molecule has 8 heteroatoms. The van der Waals surface area contributed by atoms with Crippen LogP contribution in [0.15, 0.2) is 22.7 Å². The number of hydrogen-bond acceptors (Lipinski definition) is 5. The lowest BCUT2D eigenvalue weighted by molar-refractivity contribution is 0.0922. The number of carbonyl (C=O) groups excluding carboxylic acids is 1. The first kappa shape index (κ1) is 11.4. The van der Waals surface area contributed by atoms with E-state index in [1.165, 1.54) is 12.1 Å². The Balaban J connectivity index is 2.08. The summed E-state index contributed by atoms with van der Waals surface area (Å²) in [6, 6.07) is 4.25. The average molecular weight is 290 g/mol. The molecule has 1 aliphatic rings. The molecule has 1 aliphatic heterocycles. The molecule has 1 heterocycles. The summed E-state index contributed by atoms with van der Waals surface area (Å²) in [6.45, 7) is 0. The van der Waals surface area contributed by atoms with E-state index in [4.69, 9.17) is 0 Å². The summed E-state index contributed by atoms with van der Waals surface area (Å²) in [4.78, 5) is 11.6.